The average molecular weight is 405 g/mol. The van der Waals surface area contributed by atoms with Crippen LogP contribution < -0.4 is 5.32 Å². The molecule has 0 aliphatic carbocycles. The predicted octanol–water partition coefficient (Wildman–Crippen LogP) is 5.76. The van der Waals surface area contributed by atoms with Gasteiger partial charge in [0.15, 0.2) is 0 Å². The highest BCUT2D eigenvalue weighted by Gasteiger charge is 2.17. The minimum atomic E-state index is -0.410. The van der Waals surface area contributed by atoms with Crippen LogP contribution in [0, 0.1) is 17.0 Å². The first-order valence-electron chi connectivity index (χ1n) is 8.86. The Kier molecular flexibility index (Phi) is 6.41. The van der Waals surface area contributed by atoms with Crippen molar-refractivity contribution in [2.45, 2.75) is 23.6 Å². The summed E-state index contributed by atoms with van der Waals surface area (Å²) in [5.41, 5.74) is 3.16. The van der Waals surface area contributed by atoms with Gasteiger partial charge in [-0.25, -0.2) is 0 Å². The molecule has 7 heteroatoms. The molecule has 0 aromatic heterocycles. The fourth-order valence-corrected chi connectivity index (χ4v) is 3.58. The first-order valence-corrected chi connectivity index (χ1v) is 9.67. The summed E-state index contributed by atoms with van der Waals surface area (Å²) >= 11 is 1.24. The van der Waals surface area contributed by atoms with Crippen LogP contribution in [0.3, 0.4) is 0 Å². The van der Waals surface area contributed by atoms with Crippen molar-refractivity contribution in [1.29, 1.82) is 0 Å². The Morgan fingerprint density at radius 3 is 2.48 bits per heavy atom. The van der Waals surface area contributed by atoms with E-state index >= 15 is 0 Å². The van der Waals surface area contributed by atoms with Crippen LogP contribution in [0.25, 0.3) is 0 Å². The number of nitrogens with one attached hydrogen (secondary N) is 1. The van der Waals surface area contributed by atoms with Gasteiger partial charge in [-0.15, -0.1) is 0 Å². The molecule has 0 heterocycles. The molecular weight excluding hydrogens is 386 g/mol. The number of para-hydroxylation sites is 1. The van der Waals surface area contributed by atoms with Crippen molar-refractivity contribution in [3.63, 3.8) is 0 Å². The van der Waals surface area contributed by atoms with E-state index < -0.39 is 4.92 Å². The largest absolute Gasteiger partial charge is 0.325 e. The van der Waals surface area contributed by atoms with Crippen molar-refractivity contribution in [3.05, 3.63) is 88.0 Å². The maximum Gasteiger partial charge on any atom is 0.283 e. The lowest BCUT2D eigenvalue weighted by molar-refractivity contribution is -0.387. The lowest BCUT2D eigenvalue weighted by atomic mass is 10.2. The third-order valence-corrected chi connectivity index (χ3v) is 5.14. The maximum atomic E-state index is 11.6. The minimum absolute atomic E-state index is 0.0134. The number of hydrogen-bond donors (Lipinski definition) is 1. The van der Waals surface area contributed by atoms with Crippen LogP contribution in [-0.4, -0.2) is 17.0 Å². The number of benzene rings is 3. The van der Waals surface area contributed by atoms with E-state index in [1.54, 1.807) is 30.5 Å². The zero-order valence-electron chi connectivity index (χ0n) is 16.0. The van der Waals surface area contributed by atoms with E-state index in [1.165, 1.54) is 24.8 Å². The number of nitro groups is 1. The summed E-state index contributed by atoms with van der Waals surface area (Å²) in [7, 11) is 0. The third-order valence-electron chi connectivity index (χ3n) is 3.99. The maximum absolute atomic E-state index is 11.6. The zero-order chi connectivity index (χ0) is 20.8. The van der Waals surface area contributed by atoms with Gasteiger partial charge in [0.05, 0.1) is 21.2 Å². The average Bonchev–Trinajstić information content (AvgIpc) is 2.69. The molecule has 3 aromatic rings. The number of nitrogens with zero attached hydrogens (tertiary/aromatic N) is 2. The van der Waals surface area contributed by atoms with Crippen molar-refractivity contribution in [3.8, 4) is 0 Å². The van der Waals surface area contributed by atoms with Crippen molar-refractivity contribution < 1.29 is 9.72 Å². The second-order valence-electron chi connectivity index (χ2n) is 6.36. The highest BCUT2D eigenvalue weighted by atomic mass is 32.2. The van der Waals surface area contributed by atoms with Crippen LogP contribution in [0.4, 0.5) is 17.1 Å². The molecule has 3 aromatic carbocycles. The first kappa shape index (κ1) is 20.3. The van der Waals surface area contributed by atoms with Crippen molar-refractivity contribution >= 4 is 40.9 Å². The quantitative estimate of drug-likeness (QED) is 0.321. The number of anilines is 1. The standard InChI is InChI=1S/C22H19N3O3S/c1-15-7-10-18(11-8-15)23-14-17-9-12-22(20(13-17)25(27)28)29-21-6-4-3-5-19(21)24-16(2)26/h3-14H,1-2H3,(H,24,26). The molecule has 0 unspecified atom stereocenters. The molecule has 1 N–H and O–H groups in total. The van der Waals surface area contributed by atoms with Gasteiger partial charge < -0.3 is 5.32 Å². The predicted molar refractivity (Wildman–Crippen MR) is 116 cm³/mol. The van der Waals surface area contributed by atoms with E-state index in [2.05, 4.69) is 10.3 Å². The number of nitro benzene ring substituents is 1. The van der Waals surface area contributed by atoms with Gasteiger partial charge in [-0.3, -0.25) is 19.9 Å². The Morgan fingerprint density at radius 1 is 1.07 bits per heavy atom. The van der Waals surface area contributed by atoms with Crippen LogP contribution in [-0.2, 0) is 4.79 Å². The number of aryl methyl sites for hydroxylation is 1. The number of rotatable bonds is 6. The molecule has 0 saturated heterocycles. The lowest BCUT2D eigenvalue weighted by Gasteiger charge is -2.10. The Labute approximate surface area is 172 Å². The fraction of sp³-hybridized carbons (Fsp3) is 0.0909. The van der Waals surface area contributed by atoms with Gasteiger partial charge in [-0.05, 0) is 42.8 Å². The Balaban J connectivity index is 1.88. The van der Waals surface area contributed by atoms with E-state index in [0.29, 0.717) is 16.1 Å². The first-order chi connectivity index (χ1) is 13.9. The summed E-state index contributed by atoms with van der Waals surface area (Å²) in [5.74, 6) is -0.199. The number of hydrogen-bond acceptors (Lipinski definition) is 5. The summed E-state index contributed by atoms with van der Waals surface area (Å²) in [4.78, 5) is 28.2. The summed E-state index contributed by atoms with van der Waals surface area (Å²) in [5, 5.41) is 14.4. The van der Waals surface area contributed by atoms with Crippen LogP contribution in [0.1, 0.15) is 18.1 Å². The second kappa shape index (κ2) is 9.16. The molecule has 0 bridgehead atoms. The highest BCUT2D eigenvalue weighted by molar-refractivity contribution is 7.99. The van der Waals surface area contributed by atoms with Crippen molar-refractivity contribution in [2.24, 2.45) is 4.99 Å². The molecule has 0 aliphatic rings. The highest BCUT2D eigenvalue weighted by Crippen LogP contribution is 2.38. The lowest BCUT2D eigenvalue weighted by Crippen LogP contribution is -2.06. The van der Waals surface area contributed by atoms with Crippen LogP contribution in [0.15, 0.2) is 81.5 Å². The summed E-state index contributed by atoms with van der Waals surface area (Å²) < 4.78 is 0. The molecule has 3 rings (SSSR count). The molecule has 0 spiro atoms. The van der Waals surface area contributed by atoms with E-state index in [0.717, 1.165) is 16.1 Å². The number of carbonyl (C=O) groups excluding carboxylic acids is 1. The van der Waals surface area contributed by atoms with Gasteiger partial charge in [0, 0.05) is 24.1 Å². The van der Waals surface area contributed by atoms with Crippen LogP contribution in [0.5, 0.6) is 0 Å². The second-order valence-corrected chi connectivity index (χ2v) is 7.44. The van der Waals surface area contributed by atoms with Crippen molar-refractivity contribution in [2.75, 3.05) is 5.32 Å². The molecule has 0 radical (unpaired) electrons. The van der Waals surface area contributed by atoms with E-state index in [9.17, 15) is 14.9 Å². The molecule has 0 saturated carbocycles. The summed E-state index contributed by atoms with van der Waals surface area (Å²) in [6, 6.07) is 19.9. The van der Waals surface area contributed by atoms with Crippen molar-refractivity contribution in [1.82, 2.24) is 0 Å². The molecule has 0 fully saturated rings. The van der Waals surface area contributed by atoms with Gasteiger partial charge in [-0.1, -0.05) is 47.7 Å². The summed E-state index contributed by atoms with van der Waals surface area (Å²) in [6.07, 6.45) is 1.61. The topological polar surface area (TPSA) is 84.6 Å². The molecule has 0 atom stereocenters. The molecular formula is C22H19N3O3S. The van der Waals surface area contributed by atoms with Crippen LogP contribution in [0.2, 0.25) is 0 Å². The molecule has 0 aliphatic heterocycles. The Bertz CT molecular complexity index is 1080. The molecule has 29 heavy (non-hydrogen) atoms. The van der Waals surface area contributed by atoms with E-state index in [1.807, 2.05) is 43.3 Å². The van der Waals surface area contributed by atoms with Crippen LogP contribution >= 0.6 is 11.8 Å². The Morgan fingerprint density at radius 2 is 1.79 bits per heavy atom. The van der Waals surface area contributed by atoms with Gasteiger partial charge in [0.25, 0.3) is 5.69 Å². The fourth-order valence-electron chi connectivity index (χ4n) is 2.59. The Hall–Kier alpha value is -3.45. The van der Waals surface area contributed by atoms with E-state index in [-0.39, 0.29) is 11.6 Å². The number of aliphatic imine (C=N–C) groups is 1. The smallest absolute Gasteiger partial charge is 0.283 e. The monoisotopic (exact) mass is 405 g/mol. The number of carbonyl (C=O) groups is 1. The normalized spacial score (nSPS) is 10.8. The summed E-state index contributed by atoms with van der Waals surface area (Å²) in [6.45, 7) is 3.42. The molecule has 6 nitrogen and oxygen atoms in total. The van der Waals surface area contributed by atoms with Gasteiger partial charge in [0.1, 0.15) is 0 Å². The third kappa shape index (κ3) is 5.52. The minimum Gasteiger partial charge on any atom is -0.325 e. The van der Waals surface area contributed by atoms with Gasteiger partial charge in [0.2, 0.25) is 5.91 Å². The molecule has 1 amide bonds. The zero-order valence-corrected chi connectivity index (χ0v) is 16.8. The van der Waals surface area contributed by atoms with E-state index in [4.69, 9.17) is 0 Å². The number of amides is 1. The van der Waals surface area contributed by atoms with Gasteiger partial charge in [-0.2, -0.15) is 0 Å². The molecule has 146 valence electrons. The van der Waals surface area contributed by atoms with Gasteiger partial charge >= 0.3 is 0 Å². The SMILES string of the molecule is CC(=O)Nc1ccccc1Sc1ccc(C=Nc2ccc(C)cc2)cc1[N+](=O)[O-].